The fourth-order valence-corrected chi connectivity index (χ4v) is 2.63. The normalized spacial score (nSPS) is 11.5. The SMILES string of the molecule is CCCCn1c2ccccc2c2cc(CO)ncc21. The lowest BCUT2D eigenvalue weighted by Crippen LogP contribution is -1.97. The highest BCUT2D eigenvalue weighted by Gasteiger charge is 2.10. The van der Waals surface area contributed by atoms with Gasteiger partial charge in [0.2, 0.25) is 0 Å². The summed E-state index contributed by atoms with van der Waals surface area (Å²) in [6, 6.07) is 10.4. The summed E-state index contributed by atoms with van der Waals surface area (Å²) in [5, 5.41) is 11.7. The van der Waals surface area contributed by atoms with E-state index in [0.717, 1.165) is 24.2 Å². The molecule has 0 aliphatic carbocycles. The van der Waals surface area contributed by atoms with Crippen LogP contribution in [0.2, 0.25) is 0 Å². The predicted molar refractivity (Wildman–Crippen MR) is 78.1 cm³/mol. The summed E-state index contributed by atoms with van der Waals surface area (Å²) in [5.41, 5.74) is 3.14. The number of pyridine rings is 1. The molecule has 0 atom stereocenters. The lowest BCUT2D eigenvalue weighted by atomic mass is 10.2. The number of fused-ring (bicyclic) bond motifs is 3. The highest BCUT2D eigenvalue weighted by atomic mass is 16.3. The van der Waals surface area contributed by atoms with Crippen LogP contribution in [0, 0.1) is 0 Å². The number of aliphatic hydroxyl groups excluding tert-OH is 1. The quantitative estimate of drug-likeness (QED) is 0.774. The van der Waals surface area contributed by atoms with E-state index >= 15 is 0 Å². The lowest BCUT2D eigenvalue weighted by molar-refractivity contribution is 0.277. The zero-order chi connectivity index (χ0) is 13.2. The molecular weight excluding hydrogens is 236 g/mol. The summed E-state index contributed by atoms with van der Waals surface area (Å²) in [5.74, 6) is 0. The maximum absolute atomic E-state index is 9.25. The maximum atomic E-state index is 9.25. The van der Waals surface area contributed by atoms with Crippen molar-refractivity contribution in [3.63, 3.8) is 0 Å². The van der Waals surface area contributed by atoms with Crippen LogP contribution in [-0.4, -0.2) is 14.7 Å². The van der Waals surface area contributed by atoms with Crippen LogP contribution in [0.3, 0.4) is 0 Å². The molecule has 1 aromatic carbocycles. The second-order valence-corrected chi connectivity index (χ2v) is 4.87. The van der Waals surface area contributed by atoms with E-state index < -0.39 is 0 Å². The second-order valence-electron chi connectivity index (χ2n) is 4.87. The molecule has 0 radical (unpaired) electrons. The first-order valence-electron chi connectivity index (χ1n) is 6.82. The fourth-order valence-electron chi connectivity index (χ4n) is 2.63. The van der Waals surface area contributed by atoms with Crippen molar-refractivity contribution >= 4 is 21.8 Å². The standard InChI is InChI=1S/C16H18N2O/c1-2-3-8-18-15-7-5-4-6-13(15)14-9-12(11-19)17-10-16(14)18/h4-7,9-10,19H,2-3,8,11H2,1H3. The average Bonchev–Trinajstić information content (AvgIpc) is 2.78. The molecule has 2 heterocycles. The Bertz CT molecular complexity index is 715. The van der Waals surface area contributed by atoms with Crippen LogP contribution in [0.4, 0.5) is 0 Å². The predicted octanol–water partition coefficient (Wildman–Crippen LogP) is 3.48. The highest BCUT2D eigenvalue weighted by Crippen LogP contribution is 2.29. The van der Waals surface area contributed by atoms with E-state index in [-0.39, 0.29) is 6.61 Å². The van der Waals surface area contributed by atoms with Crippen LogP contribution in [-0.2, 0) is 13.2 Å². The Morgan fingerprint density at radius 1 is 1.16 bits per heavy atom. The van der Waals surface area contributed by atoms with E-state index in [4.69, 9.17) is 0 Å². The summed E-state index contributed by atoms with van der Waals surface area (Å²) in [4.78, 5) is 4.32. The van der Waals surface area contributed by atoms with Gasteiger partial charge in [-0.2, -0.15) is 0 Å². The number of para-hydroxylation sites is 1. The van der Waals surface area contributed by atoms with Gasteiger partial charge in [-0.3, -0.25) is 4.98 Å². The summed E-state index contributed by atoms with van der Waals surface area (Å²) in [7, 11) is 0. The van der Waals surface area contributed by atoms with Crippen LogP contribution in [0.15, 0.2) is 36.5 Å². The lowest BCUT2D eigenvalue weighted by Gasteiger charge is -2.06. The Morgan fingerprint density at radius 3 is 2.79 bits per heavy atom. The molecule has 0 aliphatic heterocycles. The van der Waals surface area contributed by atoms with Crippen molar-refractivity contribution in [1.29, 1.82) is 0 Å². The minimum Gasteiger partial charge on any atom is -0.390 e. The molecule has 0 unspecified atom stereocenters. The molecular formula is C16H18N2O. The van der Waals surface area contributed by atoms with Gasteiger partial charge in [0.05, 0.1) is 24.0 Å². The van der Waals surface area contributed by atoms with E-state index in [1.165, 1.54) is 22.7 Å². The van der Waals surface area contributed by atoms with Crippen molar-refractivity contribution in [3.8, 4) is 0 Å². The molecule has 0 fully saturated rings. The van der Waals surface area contributed by atoms with Gasteiger partial charge in [-0.25, -0.2) is 0 Å². The number of nitrogens with zero attached hydrogens (tertiary/aromatic N) is 2. The Hall–Kier alpha value is -1.87. The molecule has 0 saturated carbocycles. The molecule has 2 aromatic heterocycles. The number of aliphatic hydroxyl groups is 1. The zero-order valence-electron chi connectivity index (χ0n) is 11.1. The van der Waals surface area contributed by atoms with Crippen molar-refractivity contribution in [2.45, 2.75) is 32.9 Å². The third kappa shape index (κ3) is 2.00. The molecule has 98 valence electrons. The smallest absolute Gasteiger partial charge is 0.0853 e. The third-order valence-electron chi connectivity index (χ3n) is 3.61. The molecule has 0 spiro atoms. The van der Waals surface area contributed by atoms with Gasteiger partial charge in [0.15, 0.2) is 0 Å². The number of aromatic nitrogens is 2. The largest absolute Gasteiger partial charge is 0.390 e. The van der Waals surface area contributed by atoms with Crippen molar-refractivity contribution in [3.05, 3.63) is 42.2 Å². The first kappa shape index (κ1) is 12.2. The number of unbranched alkanes of at least 4 members (excludes halogenated alkanes) is 1. The molecule has 19 heavy (non-hydrogen) atoms. The molecule has 1 N–H and O–H groups in total. The van der Waals surface area contributed by atoms with Crippen LogP contribution in [0.5, 0.6) is 0 Å². The van der Waals surface area contributed by atoms with Crippen molar-refractivity contribution in [2.24, 2.45) is 0 Å². The topological polar surface area (TPSA) is 38.0 Å². The molecule has 0 amide bonds. The third-order valence-corrected chi connectivity index (χ3v) is 3.61. The van der Waals surface area contributed by atoms with Gasteiger partial charge in [0, 0.05) is 22.8 Å². The Morgan fingerprint density at radius 2 is 2.00 bits per heavy atom. The van der Waals surface area contributed by atoms with Gasteiger partial charge >= 0.3 is 0 Å². The van der Waals surface area contributed by atoms with Gasteiger partial charge in [0.1, 0.15) is 0 Å². The molecule has 0 bridgehead atoms. The first-order chi connectivity index (χ1) is 9.35. The Kier molecular flexibility index (Phi) is 3.22. The minimum atomic E-state index is -0.00952. The monoisotopic (exact) mass is 254 g/mol. The van der Waals surface area contributed by atoms with Gasteiger partial charge in [-0.05, 0) is 18.6 Å². The number of benzene rings is 1. The second kappa shape index (κ2) is 5.02. The number of hydrogen-bond donors (Lipinski definition) is 1. The van der Waals surface area contributed by atoms with E-state index in [1.54, 1.807) is 0 Å². The summed E-state index contributed by atoms with van der Waals surface area (Å²) >= 11 is 0. The first-order valence-corrected chi connectivity index (χ1v) is 6.82. The molecule has 3 rings (SSSR count). The zero-order valence-corrected chi connectivity index (χ0v) is 11.1. The Labute approximate surface area is 112 Å². The molecule has 3 heteroatoms. The van der Waals surface area contributed by atoms with Gasteiger partial charge < -0.3 is 9.67 Å². The van der Waals surface area contributed by atoms with E-state index in [2.05, 4.69) is 40.7 Å². The maximum Gasteiger partial charge on any atom is 0.0853 e. The van der Waals surface area contributed by atoms with Crippen LogP contribution < -0.4 is 0 Å². The summed E-state index contributed by atoms with van der Waals surface area (Å²) < 4.78 is 2.34. The van der Waals surface area contributed by atoms with E-state index in [9.17, 15) is 5.11 Å². The number of hydrogen-bond acceptors (Lipinski definition) is 2. The van der Waals surface area contributed by atoms with Gasteiger partial charge in [-0.15, -0.1) is 0 Å². The van der Waals surface area contributed by atoms with Gasteiger partial charge in [-0.1, -0.05) is 31.5 Å². The molecule has 0 aliphatic rings. The van der Waals surface area contributed by atoms with E-state index in [1.807, 2.05) is 12.3 Å². The Balaban J connectivity index is 2.30. The summed E-state index contributed by atoms with van der Waals surface area (Å²) in [6.45, 7) is 3.21. The van der Waals surface area contributed by atoms with Crippen LogP contribution in [0.1, 0.15) is 25.5 Å². The van der Waals surface area contributed by atoms with E-state index in [0.29, 0.717) is 0 Å². The number of aryl methyl sites for hydroxylation is 1. The van der Waals surface area contributed by atoms with Crippen molar-refractivity contribution in [2.75, 3.05) is 0 Å². The minimum absolute atomic E-state index is 0.00952. The van der Waals surface area contributed by atoms with Crippen LogP contribution >= 0.6 is 0 Å². The average molecular weight is 254 g/mol. The van der Waals surface area contributed by atoms with Gasteiger partial charge in [0.25, 0.3) is 0 Å². The van der Waals surface area contributed by atoms with Crippen molar-refractivity contribution in [1.82, 2.24) is 9.55 Å². The molecule has 3 nitrogen and oxygen atoms in total. The van der Waals surface area contributed by atoms with Crippen molar-refractivity contribution < 1.29 is 5.11 Å². The number of rotatable bonds is 4. The highest BCUT2D eigenvalue weighted by molar-refractivity contribution is 6.07. The fraction of sp³-hybridized carbons (Fsp3) is 0.312. The molecule has 0 saturated heterocycles. The summed E-state index contributed by atoms with van der Waals surface area (Å²) in [6.07, 6.45) is 4.22. The van der Waals surface area contributed by atoms with Crippen LogP contribution in [0.25, 0.3) is 21.8 Å². The molecule has 3 aromatic rings.